The predicted octanol–water partition coefficient (Wildman–Crippen LogP) is 5.80. The van der Waals surface area contributed by atoms with Gasteiger partial charge in [-0.2, -0.15) is 5.10 Å². The summed E-state index contributed by atoms with van der Waals surface area (Å²) >= 11 is 0. The number of hydrogen-bond donors (Lipinski definition) is 0. The fourth-order valence-electron chi connectivity index (χ4n) is 5.69. The molecule has 1 amide bonds. The highest BCUT2D eigenvalue weighted by molar-refractivity contribution is 5.93. The van der Waals surface area contributed by atoms with Crippen molar-refractivity contribution in [1.82, 2.24) is 19.1 Å². The topological polar surface area (TPSA) is 87.3 Å². The first-order valence-electron chi connectivity index (χ1n) is 13.8. The second kappa shape index (κ2) is 9.57. The van der Waals surface area contributed by atoms with Gasteiger partial charge in [0.05, 0.1) is 31.0 Å². The fraction of sp³-hybridized carbons (Fsp3) is 0.452. The van der Waals surface area contributed by atoms with E-state index in [0.717, 1.165) is 34.4 Å². The molecule has 40 heavy (non-hydrogen) atoms. The van der Waals surface area contributed by atoms with Crippen LogP contribution in [0.4, 0.5) is 4.79 Å². The van der Waals surface area contributed by atoms with Crippen LogP contribution in [0.2, 0.25) is 0 Å². The number of fused-ring (bicyclic) bond motifs is 2. The molecular weight excluding hydrogens is 508 g/mol. The molecule has 0 radical (unpaired) electrons. The molecule has 0 N–H and O–H groups in total. The van der Waals surface area contributed by atoms with Crippen LogP contribution in [0.3, 0.4) is 0 Å². The number of likely N-dealkylation sites (tertiary alicyclic amines) is 1. The van der Waals surface area contributed by atoms with Crippen LogP contribution in [0, 0.1) is 12.8 Å². The maximum absolute atomic E-state index is 12.6. The molecule has 210 valence electrons. The van der Waals surface area contributed by atoms with E-state index < -0.39 is 11.6 Å². The smallest absolute Gasteiger partial charge is 0.410 e. The molecule has 1 aliphatic heterocycles. The first kappa shape index (κ1) is 26.2. The molecule has 4 heterocycles. The number of carbonyl (C=O) groups excluding carboxylic acids is 2. The van der Waals surface area contributed by atoms with Crippen molar-refractivity contribution in [2.75, 3.05) is 27.3 Å². The van der Waals surface area contributed by atoms with Crippen LogP contribution in [0.5, 0.6) is 5.75 Å². The molecule has 9 heteroatoms. The lowest BCUT2D eigenvalue weighted by atomic mass is 9.90. The molecule has 2 aliphatic rings. The van der Waals surface area contributed by atoms with E-state index in [-0.39, 0.29) is 12.0 Å². The second-order valence-electron chi connectivity index (χ2n) is 12.0. The summed E-state index contributed by atoms with van der Waals surface area (Å²) in [4.78, 5) is 26.7. The molecule has 0 spiro atoms. The lowest BCUT2D eigenvalue weighted by Gasteiger charge is -2.40. The zero-order valence-electron chi connectivity index (χ0n) is 24.0. The van der Waals surface area contributed by atoms with Crippen molar-refractivity contribution >= 4 is 28.5 Å². The number of aryl methyl sites for hydroxylation is 1. The highest BCUT2D eigenvalue weighted by Gasteiger charge is 2.36. The first-order chi connectivity index (χ1) is 19.1. The third kappa shape index (κ3) is 4.57. The standard InChI is InChI=1S/C31H36N4O5/c1-18-26(32-35-17-21(29(36)39-6)13-25(38-5)27(18)35)24-12-20-8-7-9-23(28(20)34(24)14-19-10-11-19)22-15-33(16-22)30(37)40-31(2,3)4/h7-9,12-13,17,19,22H,10-11,14-16H2,1-6H3. The summed E-state index contributed by atoms with van der Waals surface area (Å²) in [5, 5.41) is 6.12. The first-order valence-corrected chi connectivity index (χ1v) is 13.8. The van der Waals surface area contributed by atoms with Gasteiger partial charge in [-0.05, 0) is 64.2 Å². The molecule has 1 saturated carbocycles. The Morgan fingerprint density at radius 1 is 1.07 bits per heavy atom. The van der Waals surface area contributed by atoms with Gasteiger partial charge in [-0.15, -0.1) is 0 Å². The minimum atomic E-state index is -0.512. The maximum Gasteiger partial charge on any atom is 0.410 e. The Balaban J connectivity index is 1.43. The van der Waals surface area contributed by atoms with Crippen LogP contribution in [-0.2, 0) is 16.0 Å². The van der Waals surface area contributed by atoms with E-state index in [4.69, 9.17) is 19.3 Å². The van der Waals surface area contributed by atoms with E-state index in [1.165, 1.54) is 31.0 Å². The van der Waals surface area contributed by atoms with E-state index >= 15 is 0 Å². The van der Waals surface area contributed by atoms with Gasteiger partial charge in [-0.1, -0.05) is 18.2 Å². The van der Waals surface area contributed by atoms with Crippen molar-refractivity contribution in [3.05, 3.63) is 53.2 Å². The van der Waals surface area contributed by atoms with Crippen molar-refractivity contribution in [2.45, 2.75) is 58.6 Å². The van der Waals surface area contributed by atoms with Gasteiger partial charge in [0.2, 0.25) is 0 Å². The molecule has 1 aromatic carbocycles. The van der Waals surface area contributed by atoms with Crippen LogP contribution in [0.15, 0.2) is 36.5 Å². The van der Waals surface area contributed by atoms with Gasteiger partial charge in [0.15, 0.2) is 0 Å². The molecule has 4 aromatic rings. The van der Waals surface area contributed by atoms with Crippen LogP contribution in [-0.4, -0.2) is 64.1 Å². The zero-order chi connectivity index (χ0) is 28.3. The summed E-state index contributed by atoms with van der Waals surface area (Å²) < 4.78 is 20.3. The lowest BCUT2D eigenvalue weighted by molar-refractivity contribution is 0.00826. The Labute approximate surface area is 233 Å². The number of amides is 1. The summed E-state index contributed by atoms with van der Waals surface area (Å²) in [6, 6.07) is 10.4. The fourth-order valence-corrected chi connectivity index (χ4v) is 5.69. The van der Waals surface area contributed by atoms with Crippen molar-refractivity contribution in [3.63, 3.8) is 0 Å². The van der Waals surface area contributed by atoms with Crippen LogP contribution in [0.1, 0.15) is 61.0 Å². The highest BCUT2D eigenvalue weighted by atomic mass is 16.6. The Kier molecular flexibility index (Phi) is 6.27. The summed E-state index contributed by atoms with van der Waals surface area (Å²) in [7, 11) is 2.96. The van der Waals surface area contributed by atoms with Gasteiger partial charge in [0.25, 0.3) is 0 Å². The Bertz CT molecular complexity index is 1630. The monoisotopic (exact) mass is 544 g/mol. The third-order valence-corrected chi connectivity index (χ3v) is 7.87. The van der Waals surface area contributed by atoms with Crippen molar-refractivity contribution in [3.8, 4) is 17.1 Å². The summed E-state index contributed by atoms with van der Waals surface area (Å²) in [5.41, 5.74) is 6.01. The molecule has 0 atom stereocenters. The summed E-state index contributed by atoms with van der Waals surface area (Å²) in [6.07, 6.45) is 3.87. The Morgan fingerprint density at radius 2 is 1.82 bits per heavy atom. The minimum Gasteiger partial charge on any atom is -0.494 e. The van der Waals surface area contributed by atoms with Crippen LogP contribution in [0.25, 0.3) is 27.8 Å². The lowest BCUT2D eigenvalue weighted by Crippen LogP contribution is -2.50. The van der Waals surface area contributed by atoms with Gasteiger partial charge in [-0.25, -0.2) is 14.1 Å². The predicted molar refractivity (Wildman–Crippen MR) is 152 cm³/mol. The molecule has 2 fully saturated rings. The number of pyridine rings is 1. The number of benzene rings is 1. The normalized spacial score (nSPS) is 15.9. The zero-order valence-corrected chi connectivity index (χ0v) is 24.0. The average Bonchev–Trinajstić information content (AvgIpc) is 3.54. The molecule has 9 nitrogen and oxygen atoms in total. The molecule has 6 rings (SSSR count). The Morgan fingerprint density at radius 3 is 2.48 bits per heavy atom. The summed E-state index contributed by atoms with van der Waals surface area (Å²) in [6.45, 7) is 9.91. The number of nitrogens with zero attached hydrogens (tertiary/aromatic N) is 4. The molecule has 1 aliphatic carbocycles. The minimum absolute atomic E-state index is 0.238. The number of para-hydroxylation sites is 1. The van der Waals surface area contributed by atoms with E-state index in [9.17, 15) is 9.59 Å². The third-order valence-electron chi connectivity index (χ3n) is 7.87. The van der Waals surface area contributed by atoms with E-state index in [1.807, 2.05) is 27.7 Å². The number of methoxy groups -OCH3 is 2. The molecule has 3 aromatic heterocycles. The highest BCUT2D eigenvalue weighted by Crippen LogP contribution is 2.41. The van der Waals surface area contributed by atoms with Gasteiger partial charge < -0.3 is 23.7 Å². The molecular formula is C31H36N4O5. The quantitative estimate of drug-likeness (QED) is 0.285. The van der Waals surface area contributed by atoms with E-state index in [1.54, 1.807) is 28.8 Å². The largest absolute Gasteiger partial charge is 0.494 e. The number of hydrogen-bond acceptors (Lipinski definition) is 6. The number of ether oxygens (including phenoxy) is 3. The number of esters is 1. The number of rotatable bonds is 6. The van der Waals surface area contributed by atoms with E-state index in [2.05, 4.69) is 28.8 Å². The second-order valence-corrected chi connectivity index (χ2v) is 12.0. The molecule has 0 unspecified atom stereocenters. The molecule has 0 bridgehead atoms. The van der Waals surface area contributed by atoms with Gasteiger partial charge in [0.1, 0.15) is 22.6 Å². The van der Waals surface area contributed by atoms with Crippen molar-refractivity contribution in [2.24, 2.45) is 5.92 Å². The van der Waals surface area contributed by atoms with Crippen LogP contribution >= 0.6 is 0 Å². The van der Waals surface area contributed by atoms with Crippen molar-refractivity contribution < 1.29 is 23.8 Å². The molecule has 1 saturated heterocycles. The van der Waals surface area contributed by atoms with E-state index in [0.29, 0.717) is 30.3 Å². The van der Waals surface area contributed by atoms with Gasteiger partial charge in [-0.3, -0.25) is 0 Å². The number of carbonyl (C=O) groups is 2. The average molecular weight is 545 g/mol. The number of aromatic nitrogens is 3. The summed E-state index contributed by atoms with van der Waals surface area (Å²) in [5.74, 6) is 1.01. The van der Waals surface area contributed by atoms with Gasteiger partial charge >= 0.3 is 12.1 Å². The van der Waals surface area contributed by atoms with Gasteiger partial charge in [0, 0.05) is 42.7 Å². The maximum atomic E-state index is 12.6. The Hall–Kier alpha value is -4.01. The van der Waals surface area contributed by atoms with Crippen LogP contribution < -0.4 is 4.74 Å². The SMILES string of the molecule is COC(=O)c1cc(OC)c2c(C)c(-c3cc4cccc(C5CN(C(=O)OC(C)(C)C)C5)c4n3CC3CC3)nn2c1. The van der Waals surface area contributed by atoms with Crippen molar-refractivity contribution in [1.29, 1.82) is 0 Å².